The quantitative estimate of drug-likeness (QED) is 0.533. The van der Waals surface area contributed by atoms with Gasteiger partial charge in [0.15, 0.2) is 0 Å². The molecular formula is C15H18O. The molecule has 1 nitrogen and oxygen atoms in total. The summed E-state index contributed by atoms with van der Waals surface area (Å²) in [5.41, 5.74) is 2.20. The Morgan fingerprint density at radius 3 is 2.38 bits per heavy atom. The van der Waals surface area contributed by atoms with Gasteiger partial charge in [0, 0.05) is 0 Å². The van der Waals surface area contributed by atoms with E-state index in [1.165, 1.54) is 5.56 Å². The average molecular weight is 214 g/mol. The van der Waals surface area contributed by atoms with Crippen molar-refractivity contribution in [3.63, 3.8) is 0 Å². The highest BCUT2D eigenvalue weighted by atomic mass is 16.5. The van der Waals surface area contributed by atoms with Gasteiger partial charge < -0.3 is 4.74 Å². The number of hydrogen-bond acceptors (Lipinski definition) is 1. The van der Waals surface area contributed by atoms with E-state index in [0.29, 0.717) is 0 Å². The van der Waals surface area contributed by atoms with Gasteiger partial charge in [0.25, 0.3) is 0 Å². The van der Waals surface area contributed by atoms with Crippen molar-refractivity contribution in [3.05, 3.63) is 66.0 Å². The van der Waals surface area contributed by atoms with Crippen LogP contribution in [0.1, 0.15) is 19.4 Å². The molecule has 0 fully saturated rings. The zero-order valence-electron chi connectivity index (χ0n) is 10.2. The van der Waals surface area contributed by atoms with E-state index in [4.69, 9.17) is 4.74 Å². The Bertz CT molecular complexity index is 408. The zero-order valence-corrected chi connectivity index (χ0v) is 10.2. The van der Waals surface area contributed by atoms with Crippen LogP contribution in [-0.4, -0.2) is 0 Å². The molecule has 0 aliphatic carbocycles. The van der Waals surface area contributed by atoms with Crippen LogP contribution < -0.4 is 4.74 Å². The molecule has 0 radical (unpaired) electrons. The van der Waals surface area contributed by atoms with E-state index in [0.717, 1.165) is 17.1 Å². The molecule has 0 unspecified atom stereocenters. The van der Waals surface area contributed by atoms with Gasteiger partial charge in [-0.15, -0.1) is 0 Å². The Kier molecular flexibility index (Phi) is 4.59. The molecule has 0 saturated heterocycles. The van der Waals surface area contributed by atoms with E-state index in [-0.39, 0.29) is 0 Å². The fraction of sp³-hybridized carbons (Fsp3) is 0.200. The first-order valence-electron chi connectivity index (χ1n) is 5.36. The molecule has 0 aliphatic heterocycles. The van der Waals surface area contributed by atoms with Crippen molar-refractivity contribution >= 4 is 0 Å². The van der Waals surface area contributed by atoms with Crippen molar-refractivity contribution in [3.8, 4) is 5.75 Å². The highest BCUT2D eigenvalue weighted by molar-refractivity contribution is 5.31. The van der Waals surface area contributed by atoms with Crippen molar-refractivity contribution in [1.29, 1.82) is 0 Å². The molecule has 1 aromatic rings. The largest absolute Gasteiger partial charge is 0.457 e. The van der Waals surface area contributed by atoms with Crippen molar-refractivity contribution in [2.45, 2.75) is 20.8 Å². The molecular weight excluding hydrogens is 196 g/mol. The fourth-order valence-electron chi connectivity index (χ4n) is 1.26. The van der Waals surface area contributed by atoms with E-state index >= 15 is 0 Å². The first kappa shape index (κ1) is 12.3. The van der Waals surface area contributed by atoms with Crippen LogP contribution in [0.5, 0.6) is 5.75 Å². The lowest BCUT2D eigenvalue weighted by Crippen LogP contribution is -1.92. The molecule has 1 heteroatoms. The van der Waals surface area contributed by atoms with Crippen molar-refractivity contribution in [1.82, 2.24) is 0 Å². The third-order valence-corrected chi connectivity index (χ3v) is 1.98. The Morgan fingerprint density at radius 2 is 1.88 bits per heavy atom. The lowest BCUT2D eigenvalue weighted by Gasteiger charge is -2.06. The van der Waals surface area contributed by atoms with Gasteiger partial charge in [0.1, 0.15) is 11.5 Å². The molecule has 1 rings (SSSR count). The van der Waals surface area contributed by atoms with Gasteiger partial charge in [-0.05, 0) is 45.1 Å². The van der Waals surface area contributed by atoms with E-state index in [2.05, 4.69) is 13.5 Å². The van der Waals surface area contributed by atoms with Crippen LogP contribution in [0.4, 0.5) is 0 Å². The fourth-order valence-corrected chi connectivity index (χ4v) is 1.26. The van der Waals surface area contributed by atoms with Crippen LogP contribution in [0.3, 0.4) is 0 Å². The Hall–Kier alpha value is -1.76. The minimum Gasteiger partial charge on any atom is -0.457 e. The minimum atomic E-state index is 0.804. The molecule has 1 aromatic carbocycles. The molecule has 0 aliphatic rings. The van der Waals surface area contributed by atoms with Gasteiger partial charge in [-0.25, -0.2) is 0 Å². The second-order valence-corrected chi connectivity index (χ2v) is 3.81. The predicted octanol–water partition coefficient (Wildman–Crippen LogP) is 4.41. The molecule has 0 atom stereocenters. The van der Waals surface area contributed by atoms with E-state index < -0.39 is 0 Å². The normalized spacial score (nSPS) is 11.8. The predicted molar refractivity (Wildman–Crippen MR) is 69.5 cm³/mol. The third kappa shape index (κ3) is 4.18. The number of aryl methyl sites for hydroxylation is 1. The maximum absolute atomic E-state index is 5.73. The Morgan fingerprint density at radius 1 is 1.25 bits per heavy atom. The first-order chi connectivity index (χ1) is 7.61. The monoisotopic (exact) mass is 214 g/mol. The Labute approximate surface area is 97.8 Å². The summed E-state index contributed by atoms with van der Waals surface area (Å²) in [6, 6.07) is 7.99. The summed E-state index contributed by atoms with van der Waals surface area (Å²) in [5.74, 6) is 1.65. The summed E-state index contributed by atoms with van der Waals surface area (Å²) in [5, 5.41) is 0. The summed E-state index contributed by atoms with van der Waals surface area (Å²) < 4.78 is 5.73. The van der Waals surface area contributed by atoms with Crippen molar-refractivity contribution in [2.24, 2.45) is 0 Å². The third-order valence-electron chi connectivity index (χ3n) is 1.98. The van der Waals surface area contributed by atoms with Gasteiger partial charge in [0.05, 0.1) is 0 Å². The highest BCUT2D eigenvalue weighted by Gasteiger charge is 1.96. The van der Waals surface area contributed by atoms with E-state index in [1.54, 1.807) is 0 Å². The highest BCUT2D eigenvalue weighted by Crippen LogP contribution is 2.16. The molecule has 0 amide bonds. The number of benzene rings is 1. The van der Waals surface area contributed by atoms with E-state index in [1.807, 2.05) is 56.3 Å². The summed E-state index contributed by atoms with van der Waals surface area (Å²) >= 11 is 0. The summed E-state index contributed by atoms with van der Waals surface area (Å²) in [6.07, 6.45) is 5.79. The van der Waals surface area contributed by atoms with Crippen LogP contribution >= 0.6 is 0 Å². The van der Waals surface area contributed by atoms with Crippen molar-refractivity contribution < 1.29 is 4.74 Å². The second-order valence-electron chi connectivity index (χ2n) is 3.81. The van der Waals surface area contributed by atoms with Gasteiger partial charge in [0.2, 0.25) is 0 Å². The molecule has 0 N–H and O–H groups in total. The lowest BCUT2D eigenvalue weighted by molar-refractivity contribution is 0.444. The van der Waals surface area contributed by atoms with Gasteiger partial charge in [-0.2, -0.15) is 0 Å². The summed E-state index contributed by atoms with van der Waals surface area (Å²) in [7, 11) is 0. The lowest BCUT2D eigenvalue weighted by atomic mass is 10.2. The number of rotatable bonds is 4. The average Bonchev–Trinajstić information content (AvgIpc) is 2.21. The van der Waals surface area contributed by atoms with Crippen LogP contribution in [0.25, 0.3) is 0 Å². The first-order valence-corrected chi connectivity index (χ1v) is 5.36. The SMILES string of the molecule is C=C(C)/C=C(\C=C/C)Oc1ccc(C)cc1. The standard InChI is InChI=1S/C15H18O/c1-5-6-15(11-12(2)3)16-14-9-7-13(4)8-10-14/h5-11H,2H2,1,3-4H3/b6-5-,15-11+. The topological polar surface area (TPSA) is 9.23 Å². The summed E-state index contributed by atoms with van der Waals surface area (Å²) in [4.78, 5) is 0. The number of ether oxygens (including phenoxy) is 1. The van der Waals surface area contributed by atoms with Crippen LogP contribution in [0.2, 0.25) is 0 Å². The maximum Gasteiger partial charge on any atom is 0.127 e. The van der Waals surface area contributed by atoms with Gasteiger partial charge in [-0.3, -0.25) is 0 Å². The van der Waals surface area contributed by atoms with E-state index in [9.17, 15) is 0 Å². The van der Waals surface area contributed by atoms with Crippen molar-refractivity contribution in [2.75, 3.05) is 0 Å². The molecule has 0 bridgehead atoms. The minimum absolute atomic E-state index is 0.804. The second kappa shape index (κ2) is 5.96. The molecule has 0 heterocycles. The molecule has 16 heavy (non-hydrogen) atoms. The molecule has 84 valence electrons. The number of hydrogen-bond donors (Lipinski definition) is 0. The maximum atomic E-state index is 5.73. The van der Waals surface area contributed by atoms with Crippen LogP contribution in [0, 0.1) is 6.92 Å². The number of allylic oxidation sites excluding steroid dienone is 4. The smallest absolute Gasteiger partial charge is 0.127 e. The van der Waals surface area contributed by atoms with Gasteiger partial charge >= 0.3 is 0 Å². The molecule has 0 spiro atoms. The molecule has 0 aromatic heterocycles. The zero-order chi connectivity index (χ0) is 12.0. The Balaban J connectivity index is 2.83. The van der Waals surface area contributed by atoms with Gasteiger partial charge in [-0.1, -0.05) is 35.9 Å². The summed E-state index contributed by atoms with van der Waals surface area (Å²) in [6.45, 7) is 9.81. The van der Waals surface area contributed by atoms with Crippen LogP contribution in [-0.2, 0) is 0 Å². The van der Waals surface area contributed by atoms with Crippen LogP contribution in [0.15, 0.2) is 60.4 Å². The molecule has 0 saturated carbocycles.